The van der Waals surface area contributed by atoms with Crippen LogP contribution in [-0.2, 0) is 0 Å². The van der Waals surface area contributed by atoms with Crippen molar-refractivity contribution in [2.45, 2.75) is 32.6 Å². The van der Waals surface area contributed by atoms with Crippen molar-refractivity contribution < 1.29 is 0 Å². The molecule has 1 N–H and O–H groups in total. The minimum absolute atomic E-state index is 0.618. The molecule has 19 heavy (non-hydrogen) atoms. The molecule has 0 bridgehead atoms. The summed E-state index contributed by atoms with van der Waals surface area (Å²) in [5, 5.41) is 8.07. The quantitative estimate of drug-likeness (QED) is 0.894. The number of aryl methyl sites for hydroxylation is 1. The number of hydrogen-bond donors (Lipinski definition) is 1. The van der Waals surface area contributed by atoms with Gasteiger partial charge < -0.3 is 5.32 Å². The Hall–Kier alpha value is -1.61. The molecule has 1 aliphatic heterocycles. The van der Waals surface area contributed by atoms with Crippen LogP contribution in [0.3, 0.4) is 0 Å². The van der Waals surface area contributed by atoms with Gasteiger partial charge in [0, 0.05) is 12.2 Å². The van der Waals surface area contributed by atoms with Crippen molar-refractivity contribution >= 4 is 0 Å². The minimum atomic E-state index is 0.618. The fraction of sp³-hybridized carbons (Fsp3) is 0.438. The second kappa shape index (κ2) is 5.17. The highest BCUT2D eigenvalue weighted by atomic mass is 15.3. The lowest BCUT2D eigenvalue weighted by Crippen LogP contribution is -2.28. The fourth-order valence-corrected chi connectivity index (χ4v) is 2.96. The number of nitrogens with one attached hydrogen (secondary N) is 1. The van der Waals surface area contributed by atoms with Crippen molar-refractivity contribution in [1.29, 1.82) is 0 Å². The van der Waals surface area contributed by atoms with Crippen molar-refractivity contribution in [3.05, 3.63) is 47.3 Å². The van der Waals surface area contributed by atoms with Crippen LogP contribution in [0.2, 0.25) is 0 Å². The summed E-state index contributed by atoms with van der Waals surface area (Å²) in [4.78, 5) is 0. The molecular weight excluding hydrogens is 234 g/mol. The highest BCUT2D eigenvalue weighted by Crippen LogP contribution is 2.27. The maximum absolute atomic E-state index is 4.59. The van der Waals surface area contributed by atoms with Crippen LogP contribution in [0.4, 0.5) is 0 Å². The van der Waals surface area contributed by atoms with E-state index in [1.807, 2.05) is 0 Å². The molecule has 3 rings (SSSR count). The number of aromatic nitrogens is 2. The molecule has 0 radical (unpaired) electrons. The van der Waals surface area contributed by atoms with Gasteiger partial charge in [-0.2, -0.15) is 5.10 Å². The van der Waals surface area contributed by atoms with Crippen molar-refractivity contribution in [2.24, 2.45) is 0 Å². The van der Waals surface area contributed by atoms with Gasteiger partial charge in [0.15, 0.2) is 0 Å². The Morgan fingerprint density at radius 1 is 1.32 bits per heavy atom. The van der Waals surface area contributed by atoms with Gasteiger partial charge >= 0.3 is 0 Å². The van der Waals surface area contributed by atoms with Crippen LogP contribution in [0.25, 0.3) is 5.69 Å². The fourth-order valence-electron chi connectivity index (χ4n) is 2.96. The minimum Gasteiger partial charge on any atom is -0.316 e. The first-order chi connectivity index (χ1) is 9.25. The Kier molecular flexibility index (Phi) is 3.38. The van der Waals surface area contributed by atoms with Gasteiger partial charge in [0.1, 0.15) is 0 Å². The first-order valence-corrected chi connectivity index (χ1v) is 7.08. The number of piperidine rings is 1. The second-order valence-electron chi connectivity index (χ2n) is 5.48. The molecule has 2 aromatic rings. The van der Waals surface area contributed by atoms with Crippen LogP contribution in [0.1, 0.15) is 35.6 Å². The van der Waals surface area contributed by atoms with Crippen molar-refractivity contribution in [1.82, 2.24) is 15.1 Å². The summed E-state index contributed by atoms with van der Waals surface area (Å²) in [6.07, 6.45) is 4.59. The molecule has 1 fully saturated rings. The van der Waals surface area contributed by atoms with Crippen LogP contribution >= 0.6 is 0 Å². The molecular formula is C16H21N3. The molecule has 1 aromatic carbocycles. The molecule has 1 saturated heterocycles. The molecule has 0 amide bonds. The predicted octanol–water partition coefficient (Wildman–Crippen LogP) is 2.96. The highest BCUT2D eigenvalue weighted by molar-refractivity contribution is 5.38. The van der Waals surface area contributed by atoms with E-state index in [0.717, 1.165) is 18.8 Å². The molecule has 3 nitrogen and oxygen atoms in total. The molecule has 2 heterocycles. The topological polar surface area (TPSA) is 29.9 Å². The molecule has 3 heteroatoms. The standard InChI is InChI=1S/C16H21N3/c1-12-5-3-7-15(9-12)19-13(2)16(11-18-19)14-6-4-8-17-10-14/h3,5,7,9,11,14,17H,4,6,8,10H2,1-2H3. The SMILES string of the molecule is Cc1cccc(-n2ncc(C3CCCNC3)c2C)c1. The molecule has 1 atom stereocenters. The molecule has 0 spiro atoms. The normalized spacial score (nSPS) is 19.6. The summed E-state index contributed by atoms with van der Waals surface area (Å²) in [6.45, 7) is 6.54. The van der Waals surface area contributed by atoms with Crippen LogP contribution in [0.5, 0.6) is 0 Å². The zero-order valence-corrected chi connectivity index (χ0v) is 11.7. The third kappa shape index (κ3) is 2.43. The van der Waals surface area contributed by atoms with Crippen LogP contribution < -0.4 is 5.32 Å². The van der Waals surface area contributed by atoms with Crippen LogP contribution in [-0.4, -0.2) is 22.9 Å². The summed E-state index contributed by atoms with van der Waals surface area (Å²) in [6, 6.07) is 8.51. The van der Waals surface area contributed by atoms with E-state index >= 15 is 0 Å². The summed E-state index contributed by atoms with van der Waals surface area (Å²) < 4.78 is 2.07. The van der Waals surface area contributed by atoms with E-state index in [4.69, 9.17) is 0 Å². The van der Waals surface area contributed by atoms with Gasteiger partial charge in [-0.3, -0.25) is 0 Å². The number of rotatable bonds is 2. The van der Waals surface area contributed by atoms with Crippen LogP contribution in [0, 0.1) is 13.8 Å². The molecule has 100 valence electrons. The van der Waals surface area contributed by atoms with E-state index in [9.17, 15) is 0 Å². The third-order valence-electron chi connectivity index (χ3n) is 4.03. The molecule has 1 unspecified atom stereocenters. The average molecular weight is 255 g/mol. The van der Waals surface area contributed by atoms with Crippen molar-refractivity contribution in [3.8, 4) is 5.69 Å². The van der Waals surface area contributed by atoms with E-state index in [-0.39, 0.29) is 0 Å². The largest absolute Gasteiger partial charge is 0.316 e. The lowest BCUT2D eigenvalue weighted by molar-refractivity contribution is 0.460. The van der Waals surface area contributed by atoms with E-state index in [1.165, 1.54) is 29.7 Å². The number of hydrogen-bond acceptors (Lipinski definition) is 2. The second-order valence-corrected chi connectivity index (χ2v) is 5.48. The first-order valence-electron chi connectivity index (χ1n) is 7.08. The monoisotopic (exact) mass is 255 g/mol. The summed E-state index contributed by atoms with van der Waals surface area (Å²) in [5.41, 5.74) is 5.11. The molecule has 0 aliphatic carbocycles. The summed E-state index contributed by atoms with van der Waals surface area (Å²) in [5.74, 6) is 0.618. The maximum Gasteiger partial charge on any atom is 0.0651 e. The van der Waals surface area contributed by atoms with E-state index < -0.39 is 0 Å². The van der Waals surface area contributed by atoms with Gasteiger partial charge in [-0.05, 0) is 62.4 Å². The zero-order chi connectivity index (χ0) is 13.2. The van der Waals surface area contributed by atoms with Crippen molar-refractivity contribution in [2.75, 3.05) is 13.1 Å². The maximum atomic E-state index is 4.59. The summed E-state index contributed by atoms with van der Waals surface area (Å²) in [7, 11) is 0. The van der Waals surface area contributed by atoms with E-state index in [2.05, 4.69) is 59.4 Å². The molecule has 0 saturated carbocycles. The Morgan fingerprint density at radius 2 is 2.21 bits per heavy atom. The van der Waals surface area contributed by atoms with E-state index in [0.29, 0.717) is 5.92 Å². The van der Waals surface area contributed by atoms with Gasteiger partial charge in [0.25, 0.3) is 0 Å². The predicted molar refractivity (Wildman–Crippen MR) is 77.9 cm³/mol. The highest BCUT2D eigenvalue weighted by Gasteiger charge is 2.20. The number of nitrogens with zero attached hydrogens (tertiary/aromatic N) is 2. The molecule has 1 aliphatic rings. The van der Waals surface area contributed by atoms with Gasteiger partial charge in [-0.1, -0.05) is 12.1 Å². The van der Waals surface area contributed by atoms with Gasteiger partial charge in [-0.15, -0.1) is 0 Å². The average Bonchev–Trinajstić information content (AvgIpc) is 2.81. The van der Waals surface area contributed by atoms with Crippen molar-refractivity contribution in [3.63, 3.8) is 0 Å². The Balaban J connectivity index is 1.94. The van der Waals surface area contributed by atoms with Gasteiger partial charge in [0.2, 0.25) is 0 Å². The number of benzene rings is 1. The summed E-state index contributed by atoms with van der Waals surface area (Å²) >= 11 is 0. The molecule has 1 aromatic heterocycles. The Labute approximate surface area is 114 Å². The third-order valence-corrected chi connectivity index (χ3v) is 4.03. The zero-order valence-electron chi connectivity index (χ0n) is 11.7. The smallest absolute Gasteiger partial charge is 0.0651 e. The van der Waals surface area contributed by atoms with Crippen LogP contribution in [0.15, 0.2) is 30.5 Å². The Bertz CT molecular complexity index is 565. The Morgan fingerprint density at radius 3 is 2.95 bits per heavy atom. The van der Waals surface area contributed by atoms with Gasteiger partial charge in [-0.25, -0.2) is 4.68 Å². The lowest BCUT2D eigenvalue weighted by atomic mass is 9.92. The first kappa shape index (κ1) is 12.4. The van der Waals surface area contributed by atoms with E-state index in [1.54, 1.807) is 0 Å². The lowest BCUT2D eigenvalue weighted by Gasteiger charge is -2.22. The van der Waals surface area contributed by atoms with Gasteiger partial charge in [0.05, 0.1) is 11.9 Å².